The van der Waals surface area contributed by atoms with Crippen molar-refractivity contribution in [2.45, 2.75) is 37.3 Å². The second-order valence-electron chi connectivity index (χ2n) is 6.87. The summed E-state index contributed by atoms with van der Waals surface area (Å²) in [4.78, 5) is 26.5. The molecule has 1 N–H and O–H groups in total. The topological polar surface area (TPSA) is 84.7 Å². The SMILES string of the molecule is O=C([C@@H]1CCc2ccccc2O1)N1CCC(C(=O)O)(n2cccn2)CC1. The van der Waals surface area contributed by atoms with Gasteiger partial charge in [-0.3, -0.25) is 9.48 Å². The number of ether oxygens (including phenoxy) is 1. The van der Waals surface area contributed by atoms with Gasteiger partial charge in [0.2, 0.25) is 0 Å². The number of carbonyl (C=O) groups excluding carboxylic acids is 1. The maximum atomic E-state index is 12.9. The van der Waals surface area contributed by atoms with Crippen LogP contribution in [-0.4, -0.2) is 50.9 Å². The molecule has 7 nitrogen and oxygen atoms in total. The third kappa shape index (κ3) is 2.73. The average Bonchev–Trinajstić information content (AvgIpc) is 3.22. The lowest BCUT2D eigenvalue weighted by atomic mass is 9.87. The van der Waals surface area contributed by atoms with Gasteiger partial charge in [-0.1, -0.05) is 18.2 Å². The van der Waals surface area contributed by atoms with E-state index in [0.29, 0.717) is 32.4 Å². The highest BCUT2D eigenvalue weighted by atomic mass is 16.5. The fourth-order valence-electron chi connectivity index (χ4n) is 3.86. The Labute approximate surface area is 151 Å². The van der Waals surface area contributed by atoms with Crippen molar-refractivity contribution in [1.82, 2.24) is 14.7 Å². The van der Waals surface area contributed by atoms with Gasteiger partial charge in [-0.05, 0) is 30.5 Å². The number of fused-ring (bicyclic) bond motifs is 1. The van der Waals surface area contributed by atoms with E-state index in [1.807, 2.05) is 24.3 Å². The van der Waals surface area contributed by atoms with Crippen LogP contribution < -0.4 is 4.74 Å². The van der Waals surface area contributed by atoms with E-state index in [9.17, 15) is 14.7 Å². The molecule has 0 aliphatic carbocycles. The van der Waals surface area contributed by atoms with Crippen LogP contribution in [0.3, 0.4) is 0 Å². The van der Waals surface area contributed by atoms with Gasteiger partial charge in [0.1, 0.15) is 5.75 Å². The zero-order valence-corrected chi connectivity index (χ0v) is 14.4. The first-order valence-electron chi connectivity index (χ1n) is 8.87. The van der Waals surface area contributed by atoms with Crippen molar-refractivity contribution in [3.05, 3.63) is 48.3 Å². The number of piperidine rings is 1. The molecule has 1 atom stereocenters. The number of carboxylic acids is 1. The summed E-state index contributed by atoms with van der Waals surface area (Å²) in [7, 11) is 0. The van der Waals surface area contributed by atoms with Gasteiger partial charge in [0, 0.05) is 38.3 Å². The summed E-state index contributed by atoms with van der Waals surface area (Å²) < 4.78 is 7.40. The van der Waals surface area contributed by atoms with Crippen LogP contribution in [0.5, 0.6) is 5.75 Å². The summed E-state index contributed by atoms with van der Waals surface area (Å²) >= 11 is 0. The minimum Gasteiger partial charge on any atom is -0.480 e. The van der Waals surface area contributed by atoms with Gasteiger partial charge in [-0.15, -0.1) is 0 Å². The molecule has 0 radical (unpaired) electrons. The number of carbonyl (C=O) groups is 2. The van der Waals surface area contributed by atoms with Crippen molar-refractivity contribution in [3.8, 4) is 5.75 Å². The molecule has 1 saturated heterocycles. The van der Waals surface area contributed by atoms with Gasteiger partial charge >= 0.3 is 5.97 Å². The summed E-state index contributed by atoms with van der Waals surface area (Å²) in [6.45, 7) is 0.763. The van der Waals surface area contributed by atoms with Crippen molar-refractivity contribution < 1.29 is 19.4 Å². The summed E-state index contributed by atoms with van der Waals surface area (Å²) in [5.74, 6) is -0.194. The highest BCUT2D eigenvalue weighted by molar-refractivity contribution is 5.83. The Balaban J connectivity index is 1.45. The van der Waals surface area contributed by atoms with Crippen LogP contribution in [0, 0.1) is 0 Å². The van der Waals surface area contributed by atoms with Gasteiger partial charge < -0.3 is 14.7 Å². The third-order valence-electron chi connectivity index (χ3n) is 5.44. The molecule has 1 aromatic heterocycles. The van der Waals surface area contributed by atoms with Crippen LogP contribution in [0.4, 0.5) is 0 Å². The molecule has 0 bridgehead atoms. The Hall–Kier alpha value is -2.83. The largest absolute Gasteiger partial charge is 0.480 e. The molecule has 4 rings (SSSR count). The van der Waals surface area contributed by atoms with Crippen LogP contribution in [0.1, 0.15) is 24.8 Å². The molecule has 0 spiro atoms. The van der Waals surface area contributed by atoms with Gasteiger partial charge in [-0.2, -0.15) is 5.10 Å². The Bertz CT molecular complexity index is 810. The first kappa shape index (κ1) is 16.6. The number of likely N-dealkylation sites (tertiary alicyclic amines) is 1. The molecule has 1 fully saturated rings. The molecule has 3 heterocycles. The van der Waals surface area contributed by atoms with Crippen LogP contribution in [-0.2, 0) is 21.5 Å². The average molecular weight is 355 g/mol. The second kappa shape index (κ2) is 6.48. The molecule has 1 aromatic carbocycles. The van der Waals surface area contributed by atoms with E-state index in [1.54, 1.807) is 23.4 Å². The molecule has 2 aromatic rings. The Kier molecular flexibility index (Phi) is 4.14. The minimum absolute atomic E-state index is 0.0565. The van der Waals surface area contributed by atoms with Gasteiger partial charge in [-0.25, -0.2) is 4.79 Å². The molecular formula is C19H21N3O4. The molecule has 0 unspecified atom stereocenters. The number of carboxylic acid groups (broad SMARTS) is 1. The summed E-state index contributed by atoms with van der Waals surface area (Å²) in [6.07, 6.45) is 4.88. The normalized spacial score (nSPS) is 21.5. The molecule has 26 heavy (non-hydrogen) atoms. The number of benzene rings is 1. The number of amides is 1. The quantitative estimate of drug-likeness (QED) is 0.905. The number of aliphatic carboxylic acids is 1. The molecule has 2 aliphatic heterocycles. The molecule has 1 amide bonds. The predicted octanol–water partition coefficient (Wildman–Crippen LogP) is 1.68. The van der Waals surface area contributed by atoms with E-state index in [4.69, 9.17) is 4.74 Å². The molecular weight excluding hydrogens is 334 g/mol. The highest BCUT2D eigenvalue weighted by Crippen LogP contribution is 2.32. The van der Waals surface area contributed by atoms with Crippen molar-refractivity contribution in [3.63, 3.8) is 0 Å². The number of aromatic nitrogens is 2. The van der Waals surface area contributed by atoms with E-state index < -0.39 is 17.6 Å². The number of rotatable bonds is 3. The van der Waals surface area contributed by atoms with E-state index in [-0.39, 0.29) is 5.91 Å². The first-order chi connectivity index (χ1) is 12.6. The monoisotopic (exact) mass is 355 g/mol. The van der Waals surface area contributed by atoms with Crippen LogP contribution >= 0.6 is 0 Å². The number of hydrogen-bond donors (Lipinski definition) is 1. The van der Waals surface area contributed by atoms with Gasteiger partial charge in [0.05, 0.1) is 0 Å². The lowest BCUT2D eigenvalue weighted by Gasteiger charge is -2.40. The Morgan fingerprint density at radius 2 is 1.96 bits per heavy atom. The molecule has 7 heteroatoms. The van der Waals surface area contributed by atoms with Crippen molar-refractivity contribution in [1.29, 1.82) is 0 Å². The Morgan fingerprint density at radius 3 is 2.65 bits per heavy atom. The van der Waals surface area contributed by atoms with E-state index >= 15 is 0 Å². The zero-order chi connectivity index (χ0) is 18.1. The van der Waals surface area contributed by atoms with Crippen LogP contribution in [0.25, 0.3) is 0 Å². The number of hydrogen-bond acceptors (Lipinski definition) is 4. The first-order valence-corrected chi connectivity index (χ1v) is 8.87. The second-order valence-corrected chi connectivity index (χ2v) is 6.87. The number of aryl methyl sites for hydroxylation is 1. The van der Waals surface area contributed by atoms with Crippen molar-refractivity contribution in [2.75, 3.05) is 13.1 Å². The fourth-order valence-corrected chi connectivity index (χ4v) is 3.86. The molecule has 136 valence electrons. The minimum atomic E-state index is -1.08. The maximum Gasteiger partial charge on any atom is 0.331 e. The predicted molar refractivity (Wildman–Crippen MR) is 92.8 cm³/mol. The van der Waals surface area contributed by atoms with E-state index in [1.165, 1.54) is 4.68 Å². The number of nitrogens with zero attached hydrogens (tertiary/aromatic N) is 3. The maximum absolute atomic E-state index is 12.9. The van der Waals surface area contributed by atoms with Crippen LogP contribution in [0.2, 0.25) is 0 Å². The molecule has 2 aliphatic rings. The fraction of sp³-hybridized carbons (Fsp3) is 0.421. The van der Waals surface area contributed by atoms with E-state index in [2.05, 4.69) is 5.10 Å². The zero-order valence-electron chi connectivity index (χ0n) is 14.4. The molecule has 0 saturated carbocycles. The third-order valence-corrected chi connectivity index (χ3v) is 5.44. The summed E-state index contributed by atoms with van der Waals surface area (Å²) in [6, 6.07) is 9.49. The smallest absolute Gasteiger partial charge is 0.331 e. The van der Waals surface area contributed by atoms with Gasteiger partial charge in [0.25, 0.3) is 5.91 Å². The highest BCUT2D eigenvalue weighted by Gasteiger charge is 2.45. The standard InChI is InChI=1S/C19H21N3O4/c23-17(16-7-6-14-4-1-2-5-15(14)26-16)21-12-8-19(9-13-21,18(24)25)22-11-3-10-20-22/h1-5,10-11,16H,6-9,12-13H2,(H,24,25)/t16-/m0/s1. The Morgan fingerprint density at radius 1 is 1.19 bits per heavy atom. The van der Waals surface area contributed by atoms with Crippen molar-refractivity contribution >= 4 is 11.9 Å². The summed E-state index contributed by atoms with van der Waals surface area (Å²) in [5.41, 5.74) is 0.0408. The van der Waals surface area contributed by atoms with E-state index in [0.717, 1.165) is 17.7 Å². The number of para-hydroxylation sites is 1. The van der Waals surface area contributed by atoms with Gasteiger partial charge in [0.15, 0.2) is 11.6 Å². The summed E-state index contributed by atoms with van der Waals surface area (Å²) in [5, 5.41) is 13.9. The lowest BCUT2D eigenvalue weighted by molar-refractivity contribution is -0.155. The lowest BCUT2D eigenvalue weighted by Crippen LogP contribution is -2.54. The van der Waals surface area contributed by atoms with Crippen LogP contribution in [0.15, 0.2) is 42.7 Å². The van der Waals surface area contributed by atoms with Crippen molar-refractivity contribution in [2.24, 2.45) is 0 Å².